The average molecular weight is 413 g/mol. The number of carbonyl (C=O) groups is 1. The molecule has 0 aromatic heterocycles. The fourth-order valence-electron chi connectivity index (χ4n) is 1.80. The van der Waals surface area contributed by atoms with Crippen LogP contribution >= 0.6 is 43.5 Å². The van der Waals surface area contributed by atoms with Crippen LogP contribution in [0.25, 0.3) is 0 Å². The summed E-state index contributed by atoms with van der Waals surface area (Å²) in [5.74, 6) is -1.11. The van der Waals surface area contributed by atoms with E-state index in [0.29, 0.717) is 20.6 Å². The number of rotatable bonds is 3. The molecule has 5 heteroatoms. The summed E-state index contributed by atoms with van der Waals surface area (Å²) in [4.78, 5) is 12.5. The molecular formula is C15H8Br2ClNO. The van der Waals surface area contributed by atoms with E-state index in [4.69, 9.17) is 11.6 Å². The number of benzene rings is 2. The van der Waals surface area contributed by atoms with Crippen molar-refractivity contribution in [1.82, 2.24) is 0 Å². The fraction of sp³-hybridized carbons (Fsp3) is 0.0667. The van der Waals surface area contributed by atoms with Gasteiger partial charge < -0.3 is 0 Å². The highest BCUT2D eigenvalue weighted by atomic mass is 79.9. The third-order valence-corrected chi connectivity index (χ3v) is 3.95. The highest BCUT2D eigenvalue weighted by molar-refractivity contribution is 9.10. The molecule has 2 rings (SSSR count). The Balaban J connectivity index is 2.39. The summed E-state index contributed by atoms with van der Waals surface area (Å²) in [5.41, 5.74) is 1.08. The number of hydrogen-bond donors (Lipinski definition) is 0. The van der Waals surface area contributed by atoms with Gasteiger partial charge in [0.15, 0.2) is 5.78 Å². The van der Waals surface area contributed by atoms with Crippen molar-refractivity contribution in [2.24, 2.45) is 0 Å². The molecule has 0 N–H and O–H groups in total. The molecule has 1 unspecified atom stereocenters. The minimum atomic E-state index is -0.839. The van der Waals surface area contributed by atoms with E-state index >= 15 is 0 Å². The van der Waals surface area contributed by atoms with Gasteiger partial charge in [0.25, 0.3) is 0 Å². The number of ketones is 1. The molecule has 0 aliphatic carbocycles. The zero-order valence-corrected chi connectivity index (χ0v) is 14.0. The first-order chi connectivity index (χ1) is 9.51. The van der Waals surface area contributed by atoms with Crippen molar-refractivity contribution in [1.29, 1.82) is 5.26 Å². The van der Waals surface area contributed by atoms with Crippen LogP contribution in [0.3, 0.4) is 0 Å². The van der Waals surface area contributed by atoms with E-state index in [2.05, 4.69) is 37.9 Å². The molecule has 0 heterocycles. The maximum Gasteiger partial charge on any atom is 0.184 e. The molecule has 2 aromatic carbocycles. The molecule has 0 fully saturated rings. The Morgan fingerprint density at radius 1 is 1.10 bits per heavy atom. The van der Waals surface area contributed by atoms with Crippen LogP contribution in [-0.4, -0.2) is 5.78 Å². The van der Waals surface area contributed by atoms with E-state index in [1.807, 2.05) is 0 Å². The highest BCUT2D eigenvalue weighted by Crippen LogP contribution is 2.26. The Morgan fingerprint density at radius 2 is 1.75 bits per heavy atom. The van der Waals surface area contributed by atoms with Gasteiger partial charge in [-0.1, -0.05) is 55.6 Å². The SMILES string of the molecule is N#CC(C(=O)c1cc(Cl)cc(Br)c1)c1ccc(Br)cc1. The standard InChI is InChI=1S/C15H8Br2ClNO/c16-11-3-1-9(2-4-11)14(8-19)15(20)10-5-12(17)7-13(18)6-10/h1-7,14H. The summed E-state index contributed by atoms with van der Waals surface area (Å²) in [6.45, 7) is 0. The maximum absolute atomic E-state index is 12.5. The first kappa shape index (κ1) is 15.2. The van der Waals surface area contributed by atoms with Gasteiger partial charge in [0, 0.05) is 19.5 Å². The largest absolute Gasteiger partial charge is 0.292 e. The molecule has 0 spiro atoms. The van der Waals surface area contributed by atoms with Crippen LogP contribution in [0, 0.1) is 11.3 Å². The van der Waals surface area contributed by atoms with Gasteiger partial charge in [-0.3, -0.25) is 4.79 Å². The molecule has 2 nitrogen and oxygen atoms in total. The molecule has 0 saturated heterocycles. The lowest BCUT2D eigenvalue weighted by atomic mass is 9.92. The van der Waals surface area contributed by atoms with E-state index in [9.17, 15) is 10.1 Å². The van der Waals surface area contributed by atoms with Gasteiger partial charge in [0.1, 0.15) is 5.92 Å². The van der Waals surface area contributed by atoms with Crippen molar-refractivity contribution < 1.29 is 4.79 Å². The van der Waals surface area contributed by atoms with Crippen LogP contribution in [-0.2, 0) is 0 Å². The summed E-state index contributed by atoms with van der Waals surface area (Å²) < 4.78 is 1.61. The van der Waals surface area contributed by atoms with Crippen LogP contribution in [0.1, 0.15) is 21.8 Å². The van der Waals surface area contributed by atoms with Crippen LogP contribution in [0.5, 0.6) is 0 Å². The molecule has 100 valence electrons. The lowest BCUT2D eigenvalue weighted by molar-refractivity contribution is 0.0979. The van der Waals surface area contributed by atoms with E-state index in [1.54, 1.807) is 42.5 Å². The zero-order chi connectivity index (χ0) is 14.7. The summed E-state index contributed by atoms with van der Waals surface area (Å²) in [6, 6.07) is 14.1. The predicted octanol–water partition coefficient (Wildman–Crippen LogP) is 5.36. The molecule has 0 bridgehead atoms. The molecular weight excluding hydrogens is 405 g/mol. The normalized spacial score (nSPS) is 11.7. The number of halogens is 3. The predicted molar refractivity (Wildman–Crippen MR) is 86.0 cm³/mol. The number of hydrogen-bond acceptors (Lipinski definition) is 2. The molecule has 0 radical (unpaired) electrons. The molecule has 0 saturated carbocycles. The molecule has 0 amide bonds. The Morgan fingerprint density at radius 3 is 2.30 bits per heavy atom. The molecule has 0 aliphatic rings. The van der Waals surface area contributed by atoms with Gasteiger partial charge >= 0.3 is 0 Å². The first-order valence-electron chi connectivity index (χ1n) is 5.66. The van der Waals surface area contributed by atoms with Crippen molar-refractivity contribution in [3.8, 4) is 6.07 Å². The van der Waals surface area contributed by atoms with E-state index in [0.717, 1.165) is 4.47 Å². The summed E-state index contributed by atoms with van der Waals surface area (Å²) in [7, 11) is 0. The third-order valence-electron chi connectivity index (χ3n) is 2.74. The van der Waals surface area contributed by atoms with Crippen molar-refractivity contribution in [2.75, 3.05) is 0 Å². The number of nitriles is 1. The second-order valence-electron chi connectivity index (χ2n) is 4.14. The van der Waals surface area contributed by atoms with Crippen LogP contribution in [0.15, 0.2) is 51.4 Å². The maximum atomic E-state index is 12.5. The molecule has 1 atom stereocenters. The van der Waals surface area contributed by atoms with Crippen LogP contribution in [0.4, 0.5) is 0 Å². The van der Waals surface area contributed by atoms with Crippen molar-refractivity contribution >= 4 is 49.2 Å². The minimum Gasteiger partial charge on any atom is -0.292 e. The molecule has 2 aromatic rings. The van der Waals surface area contributed by atoms with Gasteiger partial charge in [-0.25, -0.2) is 0 Å². The van der Waals surface area contributed by atoms with Gasteiger partial charge in [0.05, 0.1) is 6.07 Å². The number of Topliss-reactive ketones (excluding diaryl/α,β-unsaturated/α-hetero) is 1. The molecule has 20 heavy (non-hydrogen) atoms. The summed E-state index contributed by atoms with van der Waals surface area (Å²) in [5, 5.41) is 9.75. The minimum absolute atomic E-state index is 0.266. The van der Waals surface area contributed by atoms with Crippen molar-refractivity contribution in [3.05, 3.63) is 67.6 Å². The van der Waals surface area contributed by atoms with Crippen LogP contribution in [0.2, 0.25) is 5.02 Å². The monoisotopic (exact) mass is 411 g/mol. The number of carbonyl (C=O) groups excluding carboxylic acids is 1. The summed E-state index contributed by atoms with van der Waals surface area (Å²) >= 11 is 12.6. The second kappa shape index (κ2) is 6.53. The fourth-order valence-corrected chi connectivity index (χ4v) is 2.93. The lowest BCUT2D eigenvalue weighted by Crippen LogP contribution is -2.11. The van der Waals surface area contributed by atoms with Gasteiger partial charge in [-0.05, 0) is 35.9 Å². The highest BCUT2D eigenvalue weighted by Gasteiger charge is 2.22. The Bertz CT molecular complexity index is 672. The van der Waals surface area contributed by atoms with Gasteiger partial charge in [-0.2, -0.15) is 5.26 Å². The Hall–Kier alpha value is -1.15. The average Bonchev–Trinajstić information content (AvgIpc) is 2.40. The quantitative estimate of drug-likeness (QED) is 0.636. The topological polar surface area (TPSA) is 40.9 Å². The van der Waals surface area contributed by atoms with Crippen LogP contribution < -0.4 is 0 Å². The van der Waals surface area contributed by atoms with E-state index in [-0.39, 0.29) is 5.78 Å². The smallest absolute Gasteiger partial charge is 0.184 e. The van der Waals surface area contributed by atoms with Gasteiger partial charge in [0.2, 0.25) is 0 Å². The number of nitrogens with zero attached hydrogens (tertiary/aromatic N) is 1. The zero-order valence-electron chi connectivity index (χ0n) is 10.1. The Kier molecular flexibility index (Phi) is 4.98. The van der Waals surface area contributed by atoms with E-state index < -0.39 is 5.92 Å². The Labute approximate surface area is 138 Å². The molecule has 0 aliphatic heterocycles. The third kappa shape index (κ3) is 3.49. The second-order valence-corrected chi connectivity index (χ2v) is 6.40. The van der Waals surface area contributed by atoms with E-state index in [1.165, 1.54) is 0 Å². The lowest BCUT2D eigenvalue weighted by Gasteiger charge is -2.09. The van der Waals surface area contributed by atoms with Gasteiger partial charge in [-0.15, -0.1) is 0 Å². The first-order valence-corrected chi connectivity index (χ1v) is 7.63. The summed E-state index contributed by atoms with van der Waals surface area (Å²) in [6.07, 6.45) is 0. The van der Waals surface area contributed by atoms with Crippen molar-refractivity contribution in [3.63, 3.8) is 0 Å². The van der Waals surface area contributed by atoms with Crippen molar-refractivity contribution in [2.45, 2.75) is 5.92 Å².